The standard InChI is InChI=1S/C17H21BrN2O3/c18-14-5-15(16(19-6-14)23-9-11-1-2-11)17(21)20-7-13(8-20)12-3-4-22-10-12/h5-6,11-13H,1-4,7-10H2. The van der Waals surface area contributed by atoms with Crippen LogP contribution in [0.1, 0.15) is 29.6 Å². The molecule has 1 saturated carbocycles. The van der Waals surface area contributed by atoms with Crippen LogP contribution in [0.25, 0.3) is 0 Å². The predicted octanol–water partition coefficient (Wildman–Crippen LogP) is 2.74. The molecule has 1 amide bonds. The SMILES string of the molecule is O=C(c1cc(Br)cnc1OCC1CC1)N1CC(C2CCOC2)C1. The molecule has 1 aliphatic carbocycles. The van der Waals surface area contributed by atoms with Gasteiger partial charge in [-0.15, -0.1) is 0 Å². The van der Waals surface area contributed by atoms with Crippen LogP contribution in [-0.2, 0) is 4.74 Å². The summed E-state index contributed by atoms with van der Waals surface area (Å²) in [7, 11) is 0. The van der Waals surface area contributed by atoms with Crippen molar-refractivity contribution in [3.63, 3.8) is 0 Å². The lowest BCUT2D eigenvalue weighted by molar-refractivity contribution is 0.0337. The molecule has 1 aromatic heterocycles. The van der Waals surface area contributed by atoms with Gasteiger partial charge in [0.1, 0.15) is 5.56 Å². The Morgan fingerprint density at radius 2 is 2.17 bits per heavy atom. The van der Waals surface area contributed by atoms with E-state index in [1.165, 1.54) is 12.8 Å². The van der Waals surface area contributed by atoms with Gasteiger partial charge in [-0.3, -0.25) is 4.79 Å². The number of likely N-dealkylation sites (tertiary alicyclic amines) is 1. The zero-order chi connectivity index (χ0) is 15.8. The number of hydrogen-bond acceptors (Lipinski definition) is 4. The Labute approximate surface area is 144 Å². The van der Waals surface area contributed by atoms with E-state index in [4.69, 9.17) is 9.47 Å². The van der Waals surface area contributed by atoms with Gasteiger partial charge in [0.05, 0.1) is 6.61 Å². The summed E-state index contributed by atoms with van der Waals surface area (Å²) in [6, 6.07) is 1.82. The number of amides is 1. The van der Waals surface area contributed by atoms with Crippen molar-refractivity contribution in [3.8, 4) is 5.88 Å². The molecule has 4 rings (SSSR count). The van der Waals surface area contributed by atoms with E-state index in [2.05, 4.69) is 20.9 Å². The van der Waals surface area contributed by atoms with Gasteiger partial charge >= 0.3 is 0 Å². The van der Waals surface area contributed by atoms with Gasteiger partial charge in [-0.05, 0) is 59.0 Å². The summed E-state index contributed by atoms with van der Waals surface area (Å²) in [5.41, 5.74) is 0.571. The number of pyridine rings is 1. The van der Waals surface area contributed by atoms with Gasteiger partial charge in [-0.25, -0.2) is 4.98 Å². The van der Waals surface area contributed by atoms with Gasteiger partial charge < -0.3 is 14.4 Å². The number of rotatable bonds is 5. The third-order valence-corrected chi connectivity index (χ3v) is 5.46. The Hall–Kier alpha value is -1.14. The lowest BCUT2D eigenvalue weighted by Crippen LogP contribution is -2.52. The Bertz CT molecular complexity index is 594. The van der Waals surface area contributed by atoms with Crippen LogP contribution in [0.5, 0.6) is 5.88 Å². The maximum Gasteiger partial charge on any atom is 0.259 e. The van der Waals surface area contributed by atoms with Crippen molar-refractivity contribution in [2.24, 2.45) is 17.8 Å². The lowest BCUT2D eigenvalue weighted by atomic mass is 9.85. The first kappa shape index (κ1) is 15.4. The smallest absolute Gasteiger partial charge is 0.259 e. The summed E-state index contributed by atoms with van der Waals surface area (Å²) >= 11 is 3.41. The second-order valence-corrected chi connectivity index (χ2v) is 7.77. The van der Waals surface area contributed by atoms with Gasteiger partial charge in [0, 0.05) is 37.0 Å². The maximum atomic E-state index is 12.8. The van der Waals surface area contributed by atoms with Crippen molar-refractivity contribution in [2.75, 3.05) is 32.9 Å². The fraction of sp³-hybridized carbons (Fsp3) is 0.647. The molecule has 2 aliphatic heterocycles. The van der Waals surface area contributed by atoms with Gasteiger partial charge in [-0.2, -0.15) is 0 Å². The number of hydrogen-bond donors (Lipinski definition) is 0. The number of ether oxygens (including phenoxy) is 2. The fourth-order valence-corrected chi connectivity index (χ4v) is 3.58. The zero-order valence-electron chi connectivity index (χ0n) is 13.0. The van der Waals surface area contributed by atoms with Crippen molar-refractivity contribution in [2.45, 2.75) is 19.3 Å². The Balaban J connectivity index is 1.41. The number of carbonyl (C=O) groups excluding carboxylic acids is 1. The second-order valence-electron chi connectivity index (χ2n) is 6.85. The molecule has 1 aromatic rings. The quantitative estimate of drug-likeness (QED) is 0.787. The minimum Gasteiger partial charge on any atom is -0.477 e. The maximum absolute atomic E-state index is 12.8. The molecule has 0 bridgehead atoms. The average molecular weight is 381 g/mol. The minimum atomic E-state index is 0.0276. The van der Waals surface area contributed by atoms with Crippen LogP contribution in [0.4, 0.5) is 0 Å². The van der Waals surface area contributed by atoms with Gasteiger partial charge in [-0.1, -0.05) is 0 Å². The molecule has 3 aliphatic rings. The van der Waals surface area contributed by atoms with Crippen LogP contribution in [0, 0.1) is 17.8 Å². The van der Waals surface area contributed by atoms with Gasteiger partial charge in [0.2, 0.25) is 5.88 Å². The van der Waals surface area contributed by atoms with E-state index in [1.54, 1.807) is 6.20 Å². The molecule has 124 valence electrons. The zero-order valence-corrected chi connectivity index (χ0v) is 14.6. The molecule has 0 N–H and O–H groups in total. The van der Waals surface area contributed by atoms with Crippen LogP contribution >= 0.6 is 15.9 Å². The highest BCUT2D eigenvalue weighted by Gasteiger charge is 2.38. The van der Waals surface area contributed by atoms with E-state index in [9.17, 15) is 4.79 Å². The Morgan fingerprint density at radius 3 is 2.87 bits per heavy atom. The highest BCUT2D eigenvalue weighted by atomic mass is 79.9. The van der Waals surface area contributed by atoms with E-state index in [-0.39, 0.29) is 5.91 Å². The number of aromatic nitrogens is 1. The van der Waals surface area contributed by atoms with Crippen LogP contribution in [0.3, 0.4) is 0 Å². The first-order chi connectivity index (χ1) is 11.2. The number of halogens is 1. The third-order valence-electron chi connectivity index (χ3n) is 5.03. The lowest BCUT2D eigenvalue weighted by Gasteiger charge is -2.42. The van der Waals surface area contributed by atoms with Gasteiger partial charge in [0.15, 0.2) is 0 Å². The van der Waals surface area contributed by atoms with Crippen molar-refractivity contribution < 1.29 is 14.3 Å². The van der Waals surface area contributed by atoms with E-state index in [0.717, 1.165) is 37.2 Å². The molecule has 5 nitrogen and oxygen atoms in total. The van der Waals surface area contributed by atoms with Crippen LogP contribution in [-0.4, -0.2) is 48.7 Å². The molecule has 3 fully saturated rings. The monoisotopic (exact) mass is 380 g/mol. The van der Waals surface area contributed by atoms with Gasteiger partial charge in [0.25, 0.3) is 5.91 Å². The highest BCUT2D eigenvalue weighted by molar-refractivity contribution is 9.10. The predicted molar refractivity (Wildman–Crippen MR) is 88.5 cm³/mol. The van der Waals surface area contributed by atoms with Crippen LogP contribution in [0.15, 0.2) is 16.7 Å². The molecular formula is C17H21BrN2O3. The summed E-state index contributed by atoms with van der Waals surface area (Å²) in [5.74, 6) is 2.33. The van der Waals surface area contributed by atoms with Crippen molar-refractivity contribution in [1.82, 2.24) is 9.88 Å². The third kappa shape index (κ3) is 3.38. The topological polar surface area (TPSA) is 51.7 Å². The molecule has 1 atom stereocenters. The second kappa shape index (κ2) is 6.40. The Kier molecular flexibility index (Phi) is 4.28. The van der Waals surface area contributed by atoms with Crippen LogP contribution in [0.2, 0.25) is 0 Å². The van der Waals surface area contributed by atoms with E-state index in [1.807, 2.05) is 11.0 Å². The molecular weight excluding hydrogens is 360 g/mol. The average Bonchev–Trinajstić information content (AvgIpc) is 3.18. The normalized spacial score (nSPS) is 24.6. The summed E-state index contributed by atoms with van der Waals surface area (Å²) in [5, 5.41) is 0. The van der Waals surface area contributed by atoms with Crippen molar-refractivity contribution >= 4 is 21.8 Å². The van der Waals surface area contributed by atoms with E-state index < -0.39 is 0 Å². The van der Waals surface area contributed by atoms with E-state index >= 15 is 0 Å². The van der Waals surface area contributed by atoms with Crippen molar-refractivity contribution in [3.05, 3.63) is 22.3 Å². The molecule has 0 aromatic carbocycles. The molecule has 23 heavy (non-hydrogen) atoms. The largest absolute Gasteiger partial charge is 0.477 e. The fourth-order valence-electron chi connectivity index (χ4n) is 3.25. The summed E-state index contributed by atoms with van der Waals surface area (Å²) in [4.78, 5) is 19.0. The van der Waals surface area contributed by atoms with Crippen molar-refractivity contribution in [1.29, 1.82) is 0 Å². The molecule has 3 heterocycles. The highest BCUT2D eigenvalue weighted by Crippen LogP contribution is 2.33. The summed E-state index contributed by atoms with van der Waals surface area (Å²) in [6.07, 6.45) is 5.25. The first-order valence-corrected chi connectivity index (χ1v) is 9.15. The molecule has 6 heteroatoms. The molecule has 0 radical (unpaired) electrons. The Morgan fingerprint density at radius 1 is 1.35 bits per heavy atom. The first-order valence-electron chi connectivity index (χ1n) is 8.36. The molecule has 2 saturated heterocycles. The van der Waals surface area contributed by atoms with Crippen LogP contribution < -0.4 is 4.74 Å². The molecule has 1 unspecified atom stereocenters. The molecule has 0 spiro atoms. The number of carbonyl (C=O) groups is 1. The summed E-state index contributed by atoms with van der Waals surface area (Å²) < 4.78 is 12.0. The summed E-state index contributed by atoms with van der Waals surface area (Å²) in [6.45, 7) is 4.02. The van der Waals surface area contributed by atoms with E-state index in [0.29, 0.717) is 35.8 Å². The minimum absolute atomic E-state index is 0.0276. The number of nitrogens with zero attached hydrogens (tertiary/aromatic N) is 2.